The Morgan fingerprint density at radius 3 is 2.53 bits per heavy atom. The first-order valence-corrected chi connectivity index (χ1v) is 12.9. The third kappa shape index (κ3) is 2.32. The Labute approximate surface area is 191 Å². The number of rotatable bonds is 2. The van der Waals surface area contributed by atoms with Crippen molar-refractivity contribution in [3.8, 4) is 0 Å². The summed E-state index contributed by atoms with van der Waals surface area (Å²) in [6.07, 6.45) is 9.21. The highest BCUT2D eigenvalue weighted by atomic mass is 16.7. The van der Waals surface area contributed by atoms with Crippen molar-refractivity contribution in [2.45, 2.75) is 90.5 Å². The zero-order valence-electron chi connectivity index (χ0n) is 20.1. The monoisotopic (exact) mass is 442 g/mol. The molecule has 6 fully saturated rings. The number of ketones is 1. The van der Waals surface area contributed by atoms with Crippen LogP contribution in [-0.2, 0) is 23.7 Å². The van der Waals surface area contributed by atoms with E-state index in [-0.39, 0.29) is 41.2 Å². The van der Waals surface area contributed by atoms with E-state index >= 15 is 0 Å². The van der Waals surface area contributed by atoms with Gasteiger partial charge in [0.1, 0.15) is 17.8 Å². The van der Waals surface area contributed by atoms with Gasteiger partial charge in [0.05, 0.1) is 13.2 Å². The second-order valence-corrected chi connectivity index (χ2v) is 13.3. The number of epoxide rings is 2. The van der Waals surface area contributed by atoms with Gasteiger partial charge in [0.15, 0.2) is 18.2 Å². The van der Waals surface area contributed by atoms with Crippen LogP contribution in [0.1, 0.15) is 60.3 Å². The highest BCUT2D eigenvalue weighted by Gasteiger charge is 2.84. The summed E-state index contributed by atoms with van der Waals surface area (Å²) >= 11 is 0. The summed E-state index contributed by atoms with van der Waals surface area (Å²) in [6.45, 7) is 13.3. The van der Waals surface area contributed by atoms with Gasteiger partial charge < -0.3 is 18.9 Å². The van der Waals surface area contributed by atoms with E-state index in [0.717, 1.165) is 13.2 Å². The van der Waals surface area contributed by atoms with Gasteiger partial charge in [0.25, 0.3) is 0 Å². The van der Waals surface area contributed by atoms with Gasteiger partial charge in [-0.25, -0.2) is 0 Å². The molecule has 32 heavy (non-hydrogen) atoms. The number of hydrogen-bond donors (Lipinski definition) is 0. The van der Waals surface area contributed by atoms with Crippen LogP contribution in [0.25, 0.3) is 0 Å². The van der Waals surface area contributed by atoms with Crippen LogP contribution in [0.4, 0.5) is 0 Å². The highest BCUT2D eigenvalue weighted by Crippen LogP contribution is 2.74. The van der Waals surface area contributed by atoms with E-state index in [4.69, 9.17) is 18.9 Å². The fourth-order valence-electron chi connectivity index (χ4n) is 9.32. The van der Waals surface area contributed by atoms with Gasteiger partial charge >= 0.3 is 0 Å². The third-order valence-electron chi connectivity index (χ3n) is 11.2. The topological polar surface area (TPSA) is 60.6 Å². The fraction of sp³-hybridized carbons (Fsp3) is 0.889. The van der Waals surface area contributed by atoms with Crippen LogP contribution in [-0.4, -0.2) is 49.2 Å². The van der Waals surface area contributed by atoms with E-state index in [1.807, 2.05) is 0 Å². The predicted molar refractivity (Wildman–Crippen MR) is 118 cm³/mol. The molecular weight excluding hydrogens is 404 g/mol. The lowest BCUT2D eigenvalue weighted by Crippen LogP contribution is -2.59. The molecule has 3 saturated heterocycles. The molecule has 3 heterocycles. The van der Waals surface area contributed by atoms with Crippen molar-refractivity contribution in [3.63, 3.8) is 0 Å². The van der Waals surface area contributed by atoms with Crippen LogP contribution in [0.15, 0.2) is 12.2 Å². The minimum atomic E-state index is -0.390. The van der Waals surface area contributed by atoms with Gasteiger partial charge in [-0.05, 0) is 54.8 Å². The second-order valence-electron chi connectivity index (χ2n) is 13.3. The standard InChI is InChI=1S/C27H38O5/c1-14(23-29-12-24(2,3)13-30-23)16-6-7-17-15-8-11-27-21(32-27)19(28)20-22(31-20)26(27,5)18(15)9-10-25(16,17)4/h8,11,14-18,20-23H,6-7,9-10,12-13H2,1-5H3/t14?,15-,16+,17-,18-,20-,21+,22-,25+,26-,27+/m0/s1. The summed E-state index contributed by atoms with van der Waals surface area (Å²) in [5, 5.41) is 0. The molecule has 7 rings (SSSR count). The maximum Gasteiger partial charge on any atom is 0.196 e. The van der Waals surface area contributed by atoms with E-state index < -0.39 is 5.60 Å². The Balaban J connectivity index is 1.16. The number of Topliss-reactive ketones (excluding diaryl/α,β-unsaturated/α-hetero) is 1. The van der Waals surface area contributed by atoms with Gasteiger partial charge in [-0.1, -0.05) is 46.8 Å². The molecule has 1 spiro atoms. The first kappa shape index (κ1) is 20.6. The molecule has 7 aliphatic rings. The SMILES string of the molecule is CC(C1OCC(C)(C)CO1)[C@H]1CC[C@H]2[C@@H]3C=C[C@@]45O[C@@H]4C(=O)[C@@H]4O[C@@H]4[C@]5(C)[C@H]3CC[C@]12C. The average Bonchev–Trinajstić information content (AvgIpc) is 3.65. The Hall–Kier alpha value is -0.750. The molecule has 0 radical (unpaired) electrons. The Morgan fingerprint density at radius 2 is 1.78 bits per heavy atom. The summed E-state index contributed by atoms with van der Waals surface area (Å²) in [7, 11) is 0. The van der Waals surface area contributed by atoms with Gasteiger partial charge in [-0.3, -0.25) is 4.79 Å². The molecule has 1 unspecified atom stereocenters. The average molecular weight is 443 g/mol. The summed E-state index contributed by atoms with van der Waals surface area (Å²) in [5.41, 5.74) is -0.0362. The van der Waals surface area contributed by atoms with E-state index in [1.54, 1.807) is 0 Å². The molecule has 11 atom stereocenters. The molecule has 4 aliphatic carbocycles. The van der Waals surface area contributed by atoms with Crippen LogP contribution in [0.2, 0.25) is 0 Å². The lowest BCUT2D eigenvalue weighted by molar-refractivity contribution is -0.253. The van der Waals surface area contributed by atoms with Gasteiger partial charge in [-0.2, -0.15) is 0 Å². The van der Waals surface area contributed by atoms with Crippen molar-refractivity contribution in [2.24, 2.45) is 45.8 Å². The molecule has 0 aromatic carbocycles. The second kappa shape index (κ2) is 6.08. The maximum atomic E-state index is 12.6. The molecule has 5 heteroatoms. The number of carbonyl (C=O) groups excluding carboxylic acids is 1. The van der Waals surface area contributed by atoms with Gasteiger partial charge in [0, 0.05) is 16.7 Å². The summed E-state index contributed by atoms with van der Waals surface area (Å²) in [4.78, 5) is 12.6. The van der Waals surface area contributed by atoms with E-state index in [0.29, 0.717) is 35.0 Å². The Kier molecular flexibility index (Phi) is 3.91. The number of allylic oxidation sites excluding steroid dienone is 1. The molecule has 0 amide bonds. The summed E-state index contributed by atoms with van der Waals surface area (Å²) in [5.74, 6) is 2.98. The van der Waals surface area contributed by atoms with Gasteiger partial charge in [0.2, 0.25) is 0 Å². The molecule has 0 aromatic heterocycles. The molecule has 176 valence electrons. The fourth-order valence-corrected chi connectivity index (χ4v) is 9.32. The quantitative estimate of drug-likeness (QED) is 0.475. The van der Waals surface area contributed by atoms with Crippen LogP contribution in [0.5, 0.6) is 0 Å². The van der Waals surface area contributed by atoms with Crippen molar-refractivity contribution in [2.75, 3.05) is 13.2 Å². The lowest BCUT2D eigenvalue weighted by Gasteiger charge is -2.57. The van der Waals surface area contributed by atoms with Crippen molar-refractivity contribution in [3.05, 3.63) is 12.2 Å². The predicted octanol–water partition coefficient (Wildman–Crippen LogP) is 4.14. The van der Waals surface area contributed by atoms with E-state index in [1.165, 1.54) is 25.7 Å². The summed E-state index contributed by atoms with van der Waals surface area (Å²) < 4.78 is 24.6. The largest absolute Gasteiger partial charge is 0.360 e. The van der Waals surface area contributed by atoms with Crippen LogP contribution in [0, 0.1) is 45.8 Å². The number of hydrogen-bond acceptors (Lipinski definition) is 5. The molecule has 3 saturated carbocycles. The first-order valence-electron chi connectivity index (χ1n) is 12.9. The normalized spacial score (nSPS) is 58.2. The van der Waals surface area contributed by atoms with Gasteiger partial charge in [-0.15, -0.1) is 0 Å². The van der Waals surface area contributed by atoms with Crippen LogP contribution < -0.4 is 0 Å². The Bertz CT molecular complexity index is 886. The van der Waals surface area contributed by atoms with Crippen molar-refractivity contribution in [1.29, 1.82) is 0 Å². The number of fused-ring (bicyclic) bond motifs is 6. The molecule has 0 N–H and O–H groups in total. The highest BCUT2D eigenvalue weighted by molar-refractivity contribution is 5.96. The zero-order valence-corrected chi connectivity index (χ0v) is 20.1. The molecule has 3 aliphatic heterocycles. The minimum absolute atomic E-state index is 0.0547. The van der Waals surface area contributed by atoms with E-state index in [9.17, 15) is 4.79 Å². The number of ether oxygens (including phenoxy) is 4. The summed E-state index contributed by atoms with van der Waals surface area (Å²) in [6, 6.07) is 0. The smallest absolute Gasteiger partial charge is 0.196 e. The minimum Gasteiger partial charge on any atom is -0.360 e. The first-order chi connectivity index (χ1) is 15.1. The maximum absolute atomic E-state index is 12.6. The zero-order chi connectivity index (χ0) is 22.3. The third-order valence-corrected chi connectivity index (χ3v) is 11.2. The molecular formula is C27H38O5. The van der Waals surface area contributed by atoms with Crippen molar-refractivity contribution in [1.82, 2.24) is 0 Å². The lowest BCUT2D eigenvalue weighted by atomic mass is 9.46. The Morgan fingerprint density at radius 1 is 1.03 bits per heavy atom. The van der Waals surface area contributed by atoms with Crippen molar-refractivity contribution < 1.29 is 23.7 Å². The molecule has 0 bridgehead atoms. The van der Waals surface area contributed by atoms with Crippen molar-refractivity contribution >= 4 is 5.78 Å². The van der Waals surface area contributed by atoms with E-state index in [2.05, 4.69) is 46.8 Å². The molecule has 5 nitrogen and oxygen atoms in total. The van der Waals surface area contributed by atoms with Crippen LogP contribution >= 0.6 is 0 Å². The van der Waals surface area contributed by atoms with Crippen LogP contribution in [0.3, 0.4) is 0 Å². The number of carbonyl (C=O) groups is 1. The molecule has 0 aromatic rings.